The number of aromatic nitrogens is 4. The van der Waals surface area contributed by atoms with Crippen LogP contribution in [0, 0.1) is 5.41 Å². The van der Waals surface area contributed by atoms with Crippen LogP contribution < -0.4 is 19.7 Å². The fourth-order valence-electron chi connectivity index (χ4n) is 4.26. The van der Waals surface area contributed by atoms with E-state index in [4.69, 9.17) is 31.5 Å². The molecule has 0 fully saturated rings. The second kappa shape index (κ2) is 13.2. The lowest BCUT2D eigenvalue weighted by Gasteiger charge is -2.29. The summed E-state index contributed by atoms with van der Waals surface area (Å²) in [6.45, 7) is 9.13. The van der Waals surface area contributed by atoms with E-state index in [1.165, 1.54) is 0 Å². The van der Waals surface area contributed by atoms with Crippen LogP contribution in [0.3, 0.4) is 0 Å². The molecule has 10 heteroatoms. The lowest BCUT2D eigenvalue weighted by molar-refractivity contribution is 0.328. The summed E-state index contributed by atoms with van der Waals surface area (Å²) in [5.41, 5.74) is 4.91. The van der Waals surface area contributed by atoms with Gasteiger partial charge in [-0.3, -0.25) is 0 Å². The van der Waals surface area contributed by atoms with Crippen LogP contribution in [0.5, 0.6) is 11.6 Å². The number of ether oxygens (including phenoxy) is 2. The van der Waals surface area contributed by atoms with Gasteiger partial charge in [-0.1, -0.05) is 23.7 Å². The number of nitrogens with zero attached hydrogens (tertiary/aromatic N) is 5. The summed E-state index contributed by atoms with van der Waals surface area (Å²) in [6, 6.07) is 15.5. The van der Waals surface area contributed by atoms with Gasteiger partial charge >= 0.3 is 0 Å². The van der Waals surface area contributed by atoms with Crippen molar-refractivity contribution in [1.82, 2.24) is 19.9 Å². The third kappa shape index (κ3) is 7.04. The highest BCUT2D eigenvalue weighted by atomic mass is 35.5. The highest BCUT2D eigenvalue weighted by Crippen LogP contribution is 2.38. The lowest BCUT2D eigenvalue weighted by atomic mass is 10.1. The summed E-state index contributed by atoms with van der Waals surface area (Å²) in [5, 5.41) is 12.6. The largest absolute Gasteiger partial charge is 0.497 e. The Morgan fingerprint density at radius 2 is 1.82 bits per heavy atom. The topological polar surface area (TPSA) is 109 Å². The number of methoxy groups -OCH3 is 1. The van der Waals surface area contributed by atoms with Crippen LogP contribution in [0.25, 0.3) is 11.3 Å². The predicted molar refractivity (Wildman–Crippen MR) is 160 cm³/mol. The summed E-state index contributed by atoms with van der Waals surface area (Å²) in [4.78, 5) is 20.5. The number of pyridine rings is 2. The summed E-state index contributed by atoms with van der Waals surface area (Å²) in [6.07, 6.45) is 3.35. The number of halogens is 1. The van der Waals surface area contributed by atoms with Gasteiger partial charge in [0.25, 0.3) is 0 Å². The van der Waals surface area contributed by atoms with Crippen LogP contribution >= 0.6 is 11.6 Å². The van der Waals surface area contributed by atoms with Gasteiger partial charge in [0.15, 0.2) is 0 Å². The van der Waals surface area contributed by atoms with Crippen molar-refractivity contribution in [1.29, 1.82) is 5.41 Å². The minimum Gasteiger partial charge on any atom is -0.497 e. The highest BCUT2D eigenvalue weighted by Gasteiger charge is 2.23. The molecule has 0 amide bonds. The molecule has 9 nitrogen and oxygen atoms in total. The van der Waals surface area contributed by atoms with Crippen molar-refractivity contribution in [2.45, 2.75) is 46.8 Å². The van der Waals surface area contributed by atoms with E-state index in [2.05, 4.69) is 39.0 Å². The van der Waals surface area contributed by atoms with Crippen LogP contribution in [0.2, 0.25) is 5.15 Å². The first-order valence-corrected chi connectivity index (χ1v) is 13.5. The molecular weight excluding hydrogens is 526 g/mol. The lowest BCUT2D eigenvalue weighted by Crippen LogP contribution is -2.27. The minimum atomic E-state index is 0.0899. The zero-order valence-corrected chi connectivity index (χ0v) is 24.2. The molecule has 2 N–H and O–H groups in total. The Bertz CT molecular complexity index is 1460. The maximum Gasteiger partial charge on any atom is 0.222 e. The van der Waals surface area contributed by atoms with Gasteiger partial charge in [0.05, 0.1) is 48.6 Å². The first-order valence-electron chi connectivity index (χ1n) is 13.1. The van der Waals surface area contributed by atoms with Crippen LogP contribution in [0.15, 0.2) is 60.9 Å². The van der Waals surface area contributed by atoms with Crippen molar-refractivity contribution in [3.8, 4) is 22.9 Å². The van der Waals surface area contributed by atoms with Crippen molar-refractivity contribution in [3.63, 3.8) is 0 Å². The number of hydrogen-bond donors (Lipinski definition) is 2. The molecule has 3 aromatic heterocycles. The Morgan fingerprint density at radius 1 is 1.05 bits per heavy atom. The maximum atomic E-state index is 8.64. The quantitative estimate of drug-likeness (QED) is 0.151. The van der Waals surface area contributed by atoms with E-state index in [1.807, 2.05) is 49.4 Å². The smallest absolute Gasteiger partial charge is 0.222 e. The molecule has 3 heterocycles. The Kier molecular flexibility index (Phi) is 9.50. The zero-order valence-electron chi connectivity index (χ0n) is 23.4. The zero-order chi connectivity index (χ0) is 28.6. The average Bonchev–Trinajstić information content (AvgIpc) is 2.93. The molecule has 0 bridgehead atoms. The molecule has 0 unspecified atom stereocenters. The van der Waals surface area contributed by atoms with E-state index in [0.29, 0.717) is 53.7 Å². The van der Waals surface area contributed by atoms with Gasteiger partial charge in [-0.25, -0.2) is 19.9 Å². The Labute approximate surface area is 240 Å². The fourth-order valence-corrected chi connectivity index (χ4v) is 4.41. The van der Waals surface area contributed by atoms with Gasteiger partial charge in [-0.05, 0) is 69.7 Å². The van der Waals surface area contributed by atoms with Crippen molar-refractivity contribution in [2.24, 2.45) is 0 Å². The number of anilines is 2. The standard InChI is InChI=1S/C30H34ClN7O2/c1-6-40-30-23(8-7-14-34-30)24-16-25(29(35-19(2)3)28(36-24)20(4)32)38(18-27-33-15-13-26(31)37-27)17-21-9-11-22(39-5)12-10-21/h7-16,19,32,35H,6,17-18H2,1-5H3. The molecule has 1 aromatic carbocycles. The minimum absolute atomic E-state index is 0.0899. The Morgan fingerprint density at radius 3 is 2.48 bits per heavy atom. The van der Waals surface area contributed by atoms with Crippen molar-refractivity contribution >= 4 is 28.7 Å². The maximum absolute atomic E-state index is 8.64. The molecule has 0 aliphatic heterocycles. The van der Waals surface area contributed by atoms with Gasteiger partial charge in [0.2, 0.25) is 5.88 Å². The third-order valence-corrected chi connectivity index (χ3v) is 6.20. The SMILES string of the molecule is CCOc1ncccc1-c1cc(N(Cc2ccc(OC)cc2)Cc2nccc(Cl)n2)c(NC(C)C)c(C(C)=N)n1. The normalized spacial score (nSPS) is 10.9. The predicted octanol–water partition coefficient (Wildman–Crippen LogP) is 6.41. The van der Waals surface area contributed by atoms with E-state index in [-0.39, 0.29) is 6.04 Å². The molecule has 4 aromatic rings. The molecular formula is C30H34ClN7O2. The molecule has 208 valence electrons. The number of hydrogen-bond acceptors (Lipinski definition) is 9. The monoisotopic (exact) mass is 559 g/mol. The third-order valence-electron chi connectivity index (χ3n) is 5.99. The highest BCUT2D eigenvalue weighted by molar-refractivity contribution is 6.29. The van der Waals surface area contributed by atoms with Crippen molar-refractivity contribution in [3.05, 3.63) is 83.2 Å². The Balaban J connectivity index is 1.94. The number of rotatable bonds is 12. The average molecular weight is 560 g/mol. The van der Waals surface area contributed by atoms with E-state index >= 15 is 0 Å². The summed E-state index contributed by atoms with van der Waals surface area (Å²) < 4.78 is 11.2. The number of benzene rings is 1. The second-order valence-corrected chi connectivity index (χ2v) is 9.85. The number of nitrogens with one attached hydrogen (secondary N) is 2. The van der Waals surface area contributed by atoms with Gasteiger partial charge in [-0.15, -0.1) is 0 Å². The van der Waals surface area contributed by atoms with E-state index in [0.717, 1.165) is 28.3 Å². The molecule has 4 rings (SSSR count). The fraction of sp³-hybridized carbons (Fsp3) is 0.300. The molecule has 0 saturated heterocycles. The van der Waals surface area contributed by atoms with Gasteiger partial charge in [0.1, 0.15) is 22.4 Å². The second-order valence-electron chi connectivity index (χ2n) is 9.46. The van der Waals surface area contributed by atoms with Crippen LogP contribution in [-0.4, -0.2) is 45.4 Å². The van der Waals surface area contributed by atoms with Crippen molar-refractivity contribution < 1.29 is 9.47 Å². The molecule has 0 atom stereocenters. The molecule has 0 radical (unpaired) electrons. The van der Waals surface area contributed by atoms with Crippen LogP contribution in [0.4, 0.5) is 11.4 Å². The van der Waals surface area contributed by atoms with Crippen LogP contribution in [0.1, 0.15) is 44.8 Å². The van der Waals surface area contributed by atoms with Gasteiger partial charge in [-0.2, -0.15) is 0 Å². The molecule has 0 aliphatic rings. The van der Waals surface area contributed by atoms with Crippen molar-refractivity contribution in [2.75, 3.05) is 23.9 Å². The Hall–Kier alpha value is -4.24. The van der Waals surface area contributed by atoms with Gasteiger partial charge in [0, 0.05) is 25.0 Å². The summed E-state index contributed by atoms with van der Waals surface area (Å²) in [5.74, 6) is 1.84. The van der Waals surface area contributed by atoms with Gasteiger partial charge < -0.3 is 25.1 Å². The van der Waals surface area contributed by atoms with E-state index in [1.54, 1.807) is 32.5 Å². The first kappa shape index (κ1) is 28.8. The molecule has 0 saturated carbocycles. The van der Waals surface area contributed by atoms with E-state index in [9.17, 15) is 0 Å². The summed E-state index contributed by atoms with van der Waals surface area (Å²) >= 11 is 6.23. The molecule has 40 heavy (non-hydrogen) atoms. The molecule has 0 aliphatic carbocycles. The molecule has 0 spiro atoms. The van der Waals surface area contributed by atoms with Crippen LogP contribution in [-0.2, 0) is 13.1 Å². The van der Waals surface area contributed by atoms with E-state index < -0.39 is 0 Å². The summed E-state index contributed by atoms with van der Waals surface area (Å²) in [7, 11) is 1.65. The first-order chi connectivity index (χ1) is 19.3.